The molecule has 0 aromatic heterocycles. The first-order valence-electron chi connectivity index (χ1n) is 19.9. The van der Waals surface area contributed by atoms with Crippen LogP contribution in [0, 0.1) is 0 Å². The maximum atomic E-state index is 13.7. The van der Waals surface area contributed by atoms with Gasteiger partial charge in [-0.2, -0.15) is 0 Å². The van der Waals surface area contributed by atoms with E-state index in [9.17, 15) is 19.2 Å². The Bertz CT molecular complexity index is 2160. The van der Waals surface area contributed by atoms with E-state index in [-0.39, 0.29) is 38.4 Å². The number of carbonyl (C=O) groups excluding carboxylic acids is 4. The zero-order valence-corrected chi connectivity index (χ0v) is 33.4. The molecule has 8 unspecified atom stereocenters. The van der Waals surface area contributed by atoms with Crippen molar-refractivity contribution in [2.45, 2.75) is 68.7 Å². The fourth-order valence-electron chi connectivity index (χ4n) is 7.03. The predicted molar refractivity (Wildman–Crippen MR) is 218 cm³/mol. The van der Waals surface area contributed by atoms with E-state index >= 15 is 0 Å². The van der Waals surface area contributed by atoms with Gasteiger partial charge in [0.2, 0.25) is 0 Å². The van der Waals surface area contributed by atoms with Crippen LogP contribution in [0.5, 0.6) is 0 Å². The second kappa shape index (κ2) is 21.3. The van der Waals surface area contributed by atoms with Gasteiger partial charge in [0, 0.05) is 6.42 Å². The van der Waals surface area contributed by atoms with Crippen molar-refractivity contribution >= 4 is 23.9 Å². The van der Waals surface area contributed by atoms with Gasteiger partial charge in [-0.05, 0) is 47.5 Å². The van der Waals surface area contributed by atoms with E-state index in [1.807, 2.05) is 60.7 Å². The van der Waals surface area contributed by atoms with Gasteiger partial charge in [0.25, 0.3) is 0 Å². The second-order valence-corrected chi connectivity index (χ2v) is 14.3. The van der Waals surface area contributed by atoms with Crippen molar-refractivity contribution < 1.29 is 61.8 Å². The van der Waals surface area contributed by atoms with E-state index in [0.29, 0.717) is 11.1 Å². The molecule has 7 rings (SSSR count). The lowest BCUT2D eigenvalue weighted by Gasteiger charge is -2.45. The van der Waals surface area contributed by atoms with E-state index in [4.69, 9.17) is 42.6 Å². The lowest BCUT2D eigenvalue weighted by molar-refractivity contribution is -0.326. The van der Waals surface area contributed by atoms with Crippen molar-refractivity contribution in [2.24, 2.45) is 0 Å². The molecule has 2 aliphatic heterocycles. The fraction of sp³-hybridized carbons (Fsp3) is 0.292. The van der Waals surface area contributed by atoms with Crippen LogP contribution in [0.4, 0.5) is 0 Å². The SMILES string of the molecule is COC(=O)C1OCC(OC(=O)c2ccccc2)C(OCc2ccccc2)C1OC1OC(COC(=O)c2ccccc2)CC(OC(=O)c2ccccc2)C1OCc1ccccc1. The largest absolute Gasteiger partial charge is 0.467 e. The Kier molecular flexibility index (Phi) is 15.0. The molecule has 0 bridgehead atoms. The summed E-state index contributed by atoms with van der Waals surface area (Å²) in [5.41, 5.74) is 2.51. The molecule has 13 nitrogen and oxygen atoms in total. The molecule has 5 aromatic rings. The number of benzene rings is 5. The summed E-state index contributed by atoms with van der Waals surface area (Å²) in [7, 11) is 1.21. The lowest BCUT2D eigenvalue weighted by atomic mass is 9.97. The third-order valence-electron chi connectivity index (χ3n) is 10.1. The first-order chi connectivity index (χ1) is 29.9. The van der Waals surface area contributed by atoms with Gasteiger partial charge in [0.1, 0.15) is 31.0 Å². The molecule has 61 heavy (non-hydrogen) atoms. The Morgan fingerprint density at radius 3 is 1.52 bits per heavy atom. The standard InChI is InChI=1S/C48H46O13/c1-53-47(52)43-42(40(54-28-32-17-7-2-8-18-32)39(31-56-43)60-46(51)36-25-15-6-16-26-36)61-48-41(55-29-33-19-9-3-10-20-33)38(59-45(50)35-23-13-5-14-24-35)27-37(58-48)30-57-44(49)34-21-11-4-12-22-34/h2-26,37-43,48H,27-31H2,1H3. The van der Waals surface area contributed by atoms with Gasteiger partial charge in [-0.15, -0.1) is 0 Å². The van der Waals surface area contributed by atoms with Gasteiger partial charge in [-0.3, -0.25) is 0 Å². The molecule has 8 atom stereocenters. The molecule has 0 radical (unpaired) electrons. The van der Waals surface area contributed by atoms with Gasteiger partial charge in [0.15, 0.2) is 18.5 Å². The lowest BCUT2D eigenvalue weighted by Crippen LogP contribution is -2.62. The van der Waals surface area contributed by atoms with Crippen LogP contribution in [0.15, 0.2) is 152 Å². The van der Waals surface area contributed by atoms with Crippen LogP contribution >= 0.6 is 0 Å². The van der Waals surface area contributed by atoms with Crippen LogP contribution in [0.1, 0.15) is 48.6 Å². The highest BCUT2D eigenvalue weighted by Gasteiger charge is 2.52. The topological polar surface area (TPSA) is 151 Å². The van der Waals surface area contributed by atoms with Crippen molar-refractivity contribution in [2.75, 3.05) is 20.3 Å². The first kappa shape index (κ1) is 42.9. The number of hydrogen-bond acceptors (Lipinski definition) is 13. The van der Waals surface area contributed by atoms with Gasteiger partial charge in [-0.25, -0.2) is 19.2 Å². The average molecular weight is 831 g/mol. The van der Waals surface area contributed by atoms with Crippen LogP contribution in [0.25, 0.3) is 0 Å². The minimum atomic E-state index is -1.42. The third kappa shape index (κ3) is 11.5. The number of methoxy groups -OCH3 is 1. The van der Waals surface area contributed by atoms with Crippen molar-refractivity contribution in [1.82, 2.24) is 0 Å². The Hall–Kier alpha value is -6.22. The molecular formula is C48H46O13. The van der Waals surface area contributed by atoms with E-state index in [1.54, 1.807) is 91.0 Å². The minimum Gasteiger partial charge on any atom is -0.467 e. The second-order valence-electron chi connectivity index (χ2n) is 14.3. The zero-order valence-electron chi connectivity index (χ0n) is 33.4. The van der Waals surface area contributed by atoms with E-state index < -0.39 is 72.9 Å². The number of rotatable bonds is 16. The van der Waals surface area contributed by atoms with Crippen LogP contribution < -0.4 is 0 Å². The molecule has 2 heterocycles. The smallest absolute Gasteiger partial charge is 0.338 e. The monoisotopic (exact) mass is 830 g/mol. The zero-order chi connectivity index (χ0) is 42.4. The molecule has 0 saturated carbocycles. The highest BCUT2D eigenvalue weighted by molar-refractivity contribution is 5.90. The van der Waals surface area contributed by atoms with E-state index in [2.05, 4.69) is 0 Å². The summed E-state index contributed by atoms with van der Waals surface area (Å²) in [5, 5.41) is 0. The van der Waals surface area contributed by atoms with Crippen molar-refractivity contribution in [1.29, 1.82) is 0 Å². The van der Waals surface area contributed by atoms with E-state index in [1.165, 1.54) is 7.11 Å². The number of carbonyl (C=O) groups is 4. The third-order valence-corrected chi connectivity index (χ3v) is 10.1. The molecule has 0 aliphatic carbocycles. The highest BCUT2D eigenvalue weighted by atomic mass is 16.7. The first-order valence-corrected chi connectivity index (χ1v) is 19.9. The average Bonchev–Trinajstić information content (AvgIpc) is 3.31. The normalized spacial score (nSPS) is 23.6. The summed E-state index contributed by atoms with van der Waals surface area (Å²) in [4.78, 5) is 53.9. The summed E-state index contributed by atoms with van der Waals surface area (Å²) >= 11 is 0. The van der Waals surface area contributed by atoms with Crippen LogP contribution in [-0.4, -0.2) is 93.2 Å². The summed E-state index contributed by atoms with van der Waals surface area (Å²) in [6.45, 7) is -0.417. The highest BCUT2D eigenvalue weighted by Crippen LogP contribution is 2.34. The number of hydrogen-bond donors (Lipinski definition) is 0. The fourth-order valence-corrected chi connectivity index (χ4v) is 7.03. The predicted octanol–water partition coefficient (Wildman–Crippen LogP) is 6.54. The molecule has 0 N–H and O–H groups in total. The van der Waals surface area contributed by atoms with Gasteiger partial charge < -0.3 is 42.6 Å². The molecule has 2 fully saturated rings. The summed E-state index contributed by atoms with van der Waals surface area (Å²) in [6, 6.07) is 44.0. The van der Waals surface area contributed by atoms with Crippen LogP contribution in [0.2, 0.25) is 0 Å². The maximum absolute atomic E-state index is 13.7. The Morgan fingerprint density at radius 2 is 1.02 bits per heavy atom. The van der Waals surface area contributed by atoms with Crippen molar-refractivity contribution in [3.8, 4) is 0 Å². The molecule has 0 spiro atoms. The molecule has 2 saturated heterocycles. The van der Waals surface area contributed by atoms with E-state index in [0.717, 1.165) is 11.1 Å². The van der Waals surface area contributed by atoms with Gasteiger partial charge in [-0.1, -0.05) is 115 Å². The summed E-state index contributed by atoms with van der Waals surface area (Å²) in [6.07, 6.45) is -9.46. The van der Waals surface area contributed by atoms with Crippen LogP contribution in [0.3, 0.4) is 0 Å². The molecule has 316 valence electrons. The summed E-state index contributed by atoms with van der Waals surface area (Å²) in [5.74, 6) is -2.66. The van der Waals surface area contributed by atoms with Gasteiger partial charge in [0.05, 0.1) is 49.7 Å². The number of ether oxygens (including phenoxy) is 9. The van der Waals surface area contributed by atoms with Gasteiger partial charge >= 0.3 is 23.9 Å². The molecule has 5 aromatic carbocycles. The number of esters is 4. The summed E-state index contributed by atoms with van der Waals surface area (Å²) < 4.78 is 55.6. The van der Waals surface area contributed by atoms with Crippen molar-refractivity contribution in [3.05, 3.63) is 179 Å². The van der Waals surface area contributed by atoms with Crippen LogP contribution in [-0.2, 0) is 60.6 Å². The molecule has 2 aliphatic rings. The van der Waals surface area contributed by atoms with Crippen molar-refractivity contribution in [3.63, 3.8) is 0 Å². The Labute approximate surface area is 353 Å². The Morgan fingerprint density at radius 1 is 0.557 bits per heavy atom. The maximum Gasteiger partial charge on any atom is 0.338 e. The Balaban J connectivity index is 1.24. The minimum absolute atomic E-state index is 0.0345. The molecule has 13 heteroatoms. The molecule has 0 amide bonds. The quantitative estimate of drug-likeness (QED) is 0.0783. The molecular weight excluding hydrogens is 785 g/mol.